The fraction of sp³-hybridized carbons (Fsp3) is 0.333. The van der Waals surface area contributed by atoms with Gasteiger partial charge in [0.15, 0.2) is 11.0 Å². The minimum absolute atomic E-state index is 0.653. The number of thiophene rings is 1. The Bertz CT molecular complexity index is 797. The van der Waals surface area contributed by atoms with Gasteiger partial charge in [0, 0.05) is 12.3 Å². The second kappa shape index (κ2) is 7.85. The molecule has 4 nitrogen and oxygen atoms in total. The van der Waals surface area contributed by atoms with E-state index in [1.807, 2.05) is 6.07 Å². The van der Waals surface area contributed by atoms with Gasteiger partial charge in [-0.1, -0.05) is 30.0 Å². The molecule has 0 unspecified atom stereocenters. The first-order valence-electron chi connectivity index (χ1n) is 7.99. The maximum atomic E-state index is 5.92. The van der Waals surface area contributed by atoms with Crippen LogP contribution in [0.1, 0.15) is 18.1 Å². The molecule has 2 heterocycles. The summed E-state index contributed by atoms with van der Waals surface area (Å²) in [6.07, 6.45) is 0. The van der Waals surface area contributed by atoms with Crippen LogP contribution >= 0.6 is 23.1 Å². The second-order valence-corrected chi connectivity index (χ2v) is 7.50. The molecule has 3 rings (SSSR count). The van der Waals surface area contributed by atoms with Crippen molar-refractivity contribution >= 4 is 23.1 Å². The zero-order valence-electron chi connectivity index (χ0n) is 14.2. The smallest absolute Gasteiger partial charge is 0.191 e. The first-order chi connectivity index (χ1) is 11.7. The van der Waals surface area contributed by atoms with Gasteiger partial charge in [-0.15, -0.1) is 21.5 Å². The molecule has 0 amide bonds. The van der Waals surface area contributed by atoms with Crippen LogP contribution < -0.4 is 4.74 Å². The third-order valence-electron chi connectivity index (χ3n) is 3.69. The molecule has 126 valence electrons. The normalized spacial score (nSPS) is 11.0. The maximum absolute atomic E-state index is 5.92. The van der Waals surface area contributed by atoms with E-state index in [4.69, 9.17) is 4.74 Å². The summed E-state index contributed by atoms with van der Waals surface area (Å²) in [5.74, 6) is 2.76. The third kappa shape index (κ3) is 3.82. The molecular formula is C18H21N3OS2. The minimum atomic E-state index is 0.653. The minimum Gasteiger partial charge on any atom is -0.492 e. The Morgan fingerprint density at radius 1 is 1.21 bits per heavy atom. The zero-order valence-corrected chi connectivity index (χ0v) is 15.8. The van der Waals surface area contributed by atoms with Crippen molar-refractivity contribution in [3.8, 4) is 16.5 Å². The van der Waals surface area contributed by atoms with Crippen LogP contribution in [0.3, 0.4) is 0 Å². The van der Waals surface area contributed by atoms with Gasteiger partial charge < -0.3 is 9.30 Å². The lowest BCUT2D eigenvalue weighted by atomic mass is 10.1. The van der Waals surface area contributed by atoms with Gasteiger partial charge in [0.25, 0.3) is 0 Å². The molecule has 0 saturated heterocycles. The summed E-state index contributed by atoms with van der Waals surface area (Å²) in [4.78, 5) is 1.16. The molecule has 0 radical (unpaired) electrons. The van der Waals surface area contributed by atoms with Crippen molar-refractivity contribution in [2.45, 2.75) is 32.5 Å². The van der Waals surface area contributed by atoms with Crippen molar-refractivity contribution in [3.05, 3.63) is 46.8 Å². The Labute approximate surface area is 150 Å². The van der Waals surface area contributed by atoms with Crippen LogP contribution in [0, 0.1) is 13.8 Å². The predicted molar refractivity (Wildman–Crippen MR) is 101 cm³/mol. The molecule has 0 N–H and O–H groups in total. The van der Waals surface area contributed by atoms with Crippen LogP contribution in [-0.4, -0.2) is 27.1 Å². The van der Waals surface area contributed by atoms with Crippen LogP contribution in [0.25, 0.3) is 10.7 Å². The molecule has 0 aliphatic heterocycles. The SMILES string of the molecule is CCn1c(SCCOc2cc(C)ccc2C)nnc1-c1cccs1. The van der Waals surface area contributed by atoms with E-state index in [9.17, 15) is 0 Å². The Kier molecular flexibility index (Phi) is 5.58. The summed E-state index contributed by atoms with van der Waals surface area (Å²) < 4.78 is 8.08. The number of aromatic nitrogens is 3. The van der Waals surface area contributed by atoms with Gasteiger partial charge in [0.05, 0.1) is 11.5 Å². The molecule has 6 heteroatoms. The number of aryl methyl sites for hydroxylation is 2. The van der Waals surface area contributed by atoms with E-state index in [0.717, 1.165) is 33.9 Å². The number of hydrogen-bond donors (Lipinski definition) is 0. The number of rotatable bonds is 7. The van der Waals surface area contributed by atoms with Crippen molar-refractivity contribution < 1.29 is 4.74 Å². The molecule has 0 aliphatic carbocycles. The Morgan fingerprint density at radius 2 is 2.08 bits per heavy atom. The Hall–Kier alpha value is -1.79. The highest BCUT2D eigenvalue weighted by Gasteiger charge is 2.13. The predicted octanol–water partition coefficient (Wildman–Crippen LogP) is 4.81. The molecule has 3 aromatic rings. The van der Waals surface area contributed by atoms with Crippen LogP contribution in [0.15, 0.2) is 40.9 Å². The standard InChI is InChI=1S/C18H21N3OS2/c1-4-21-17(16-6-5-10-23-16)19-20-18(21)24-11-9-22-15-12-13(2)7-8-14(15)3/h5-8,10,12H,4,9,11H2,1-3H3. The summed E-state index contributed by atoms with van der Waals surface area (Å²) in [5, 5.41) is 11.7. The summed E-state index contributed by atoms with van der Waals surface area (Å²) in [7, 11) is 0. The van der Waals surface area contributed by atoms with E-state index in [1.54, 1.807) is 23.1 Å². The van der Waals surface area contributed by atoms with E-state index in [-0.39, 0.29) is 0 Å². The largest absolute Gasteiger partial charge is 0.492 e. The molecule has 0 bridgehead atoms. The van der Waals surface area contributed by atoms with Crippen molar-refractivity contribution in [1.82, 2.24) is 14.8 Å². The monoisotopic (exact) mass is 359 g/mol. The average Bonchev–Trinajstić information content (AvgIpc) is 3.23. The van der Waals surface area contributed by atoms with Crippen molar-refractivity contribution in [3.63, 3.8) is 0 Å². The average molecular weight is 360 g/mol. The van der Waals surface area contributed by atoms with Crippen LogP contribution in [0.2, 0.25) is 0 Å². The van der Waals surface area contributed by atoms with Gasteiger partial charge in [-0.3, -0.25) is 0 Å². The summed E-state index contributed by atoms with van der Waals surface area (Å²) in [6, 6.07) is 10.4. The van der Waals surface area contributed by atoms with Gasteiger partial charge in [-0.05, 0) is 49.4 Å². The Balaban J connectivity index is 1.60. The van der Waals surface area contributed by atoms with Crippen molar-refractivity contribution in [2.75, 3.05) is 12.4 Å². The summed E-state index contributed by atoms with van der Waals surface area (Å²) in [5.41, 5.74) is 2.39. The van der Waals surface area contributed by atoms with E-state index >= 15 is 0 Å². The van der Waals surface area contributed by atoms with E-state index in [2.05, 4.69) is 65.2 Å². The summed E-state index contributed by atoms with van der Waals surface area (Å²) >= 11 is 3.38. The number of nitrogens with zero attached hydrogens (tertiary/aromatic N) is 3. The fourth-order valence-electron chi connectivity index (χ4n) is 2.42. The van der Waals surface area contributed by atoms with E-state index in [1.165, 1.54) is 11.1 Å². The molecule has 0 aliphatic rings. The van der Waals surface area contributed by atoms with E-state index < -0.39 is 0 Å². The lowest BCUT2D eigenvalue weighted by molar-refractivity contribution is 0.341. The molecule has 0 atom stereocenters. The van der Waals surface area contributed by atoms with Crippen molar-refractivity contribution in [2.24, 2.45) is 0 Å². The lowest BCUT2D eigenvalue weighted by Crippen LogP contribution is -2.04. The highest BCUT2D eigenvalue weighted by molar-refractivity contribution is 7.99. The topological polar surface area (TPSA) is 39.9 Å². The maximum Gasteiger partial charge on any atom is 0.191 e. The Morgan fingerprint density at radius 3 is 2.83 bits per heavy atom. The molecule has 0 fully saturated rings. The number of benzene rings is 1. The molecule has 0 saturated carbocycles. The first-order valence-corrected chi connectivity index (χ1v) is 9.85. The first kappa shape index (κ1) is 17.0. The van der Waals surface area contributed by atoms with Gasteiger partial charge in [-0.2, -0.15) is 0 Å². The van der Waals surface area contributed by atoms with Crippen LogP contribution in [0.4, 0.5) is 0 Å². The van der Waals surface area contributed by atoms with E-state index in [0.29, 0.717) is 6.61 Å². The molecule has 1 aromatic carbocycles. The quantitative estimate of drug-likeness (QED) is 0.448. The van der Waals surface area contributed by atoms with Crippen LogP contribution in [-0.2, 0) is 6.54 Å². The highest BCUT2D eigenvalue weighted by Crippen LogP contribution is 2.27. The number of thioether (sulfide) groups is 1. The third-order valence-corrected chi connectivity index (χ3v) is 5.49. The molecule has 24 heavy (non-hydrogen) atoms. The number of hydrogen-bond acceptors (Lipinski definition) is 5. The number of ether oxygens (including phenoxy) is 1. The zero-order chi connectivity index (χ0) is 16.9. The lowest BCUT2D eigenvalue weighted by Gasteiger charge is -2.10. The van der Waals surface area contributed by atoms with Gasteiger partial charge >= 0.3 is 0 Å². The molecule has 2 aromatic heterocycles. The highest BCUT2D eigenvalue weighted by atomic mass is 32.2. The van der Waals surface area contributed by atoms with Gasteiger partial charge in [0.1, 0.15) is 5.75 Å². The van der Waals surface area contributed by atoms with Crippen LogP contribution in [0.5, 0.6) is 5.75 Å². The molecule has 0 spiro atoms. The molecular weight excluding hydrogens is 338 g/mol. The second-order valence-electron chi connectivity index (χ2n) is 5.49. The van der Waals surface area contributed by atoms with Gasteiger partial charge in [-0.25, -0.2) is 0 Å². The van der Waals surface area contributed by atoms with Gasteiger partial charge in [0.2, 0.25) is 0 Å². The van der Waals surface area contributed by atoms with Crippen molar-refractivity contribution in [1.29, 1.82) is 0 Å². The fourth-order valence-corrected chi connectivity index (χ4v) is 3.95. The summed E-state index contributed by atoms with van der Waals surface area (Å²) in [6.45, 7) is 7.79.